The molecule has 3 N–H and O–H groups in total. The molecule has 0 aromatic carbocycles. The predicted molar refractivity (Wildman–Crippen MR) is 80.8 cm³/mol. The van der Waals surface area contributed by atoms with Gasteiger partial charge in [0.05, 0.1) is 19.8 Å². The molecule has 1 rings (SSSR count). The molecule has 120 valence electrons. The van der Waals surface area contributed by atoms with Gasteiger partial charge in [0.25, 0.3) is 0 Å². The van der Waals surface area contributed by atoms with Crippen LogP contribution in [-0.2, 0) is 0 Å². The number of aliphatic hydroxyl groups excluding tert-OH is 2. The second kappa shape index (κ2) is 10.1. The van der Waals surface area contributed by atoms with Crippen molar-refractivity contribution in [2.24, 2.45) is 0 Å². The molecule has 0 spiro atoms. The van der Waals surface area contributed by atoms with Crippen molar-refractivity contribution in [1.82, 2.24) is 15.0 Å². The van der Waals surface area contributed by atoms with E-state index in [1.54, 1.807) is 4.90 Å². The Balaban J connectivity index is 2.96. The van der Waals surface area contributed by atoms with Crippen LogP contribution in [0.5, 0.6) is 6.01 Å². The van der Waals surface area contributed by atoms with Crippen LogP contribution < -0.4 is 15.0 Å². The lowest BCUT2D eigenvalue weighted by atomic mass is 10.5. The monoisotopic (exact) mass is 299 g/mol. The van der Waals surface area contributed by atoms with Crippen molar-refractivity contribution in [3.8, 4) is 6.01 Å². The van der Waals surface area contributed by atoms with Gasteiger partial charge in [-0.3, -0.25) is 0 Å². The Morgan fingerprint density at radius 1 is 1.05 bits per heavy atom. The van der Waals surface area contributed by atoms with Crippen LogP contribution in [0.4, 0.5) is 11.9 Å². The van der Waals surface area contributed by atoms with Gasteiger partial charge in [-0.2, -0.15) is 15.0 Å². The molecule has 0 aliphatic rings. The van der Waals surface area contributed by atoms with Crippen molar-refractivity contribution >= 4 is 11.9 Å². The van der Waals surface area contributed by atoms with Crippen molar-refractivity contribution in [3.05, 3.63) is 0 Å². The standard InChI is InChI=1S/C13H25N5O3/c1-3-5-14-11-15-12(18(6-8-19)7-9-20)17-13(16-11)21-10-4-2/h19-20H,3-10H2,1-2H3,(H,14,15,16,17). The first-order chi connectivity index (χ1) is 10.2. The number of aliphatic hydroxyl groups is 2. The van der Waals surface area contributed by atoms with Gasteiger partial charge >= 0.3 is 6.01 Å². The van der Waals surface area contributed by atoms with Gasteiger partial charge < -0.3 is 25.2 Å². The third kappa shape index (κ3) is 6.09. The zero-order chi connectivity index (χ0) is 15.5. The Morgan fingerprint density at radius 2 is 1.76 bits per heavy atom. The zero-order valence-corrected chi connectivity index (χ0v) is 12.7. The highest BCUT2D eigenvalue weighted by atomic mass is 16.5. The highest BCUT2D eigenvalue weighted by molar-refractivity contribution is 5.38. The third-order valence-electron chi connectivity index (χ3n) is 2.59. The molecule has 8 heteroatoms. The lowest BCUT2D eigenvalue weighted by Gasteiger charge is -2.21. The first-order valence-electron chi connectivity index (χ1n) is 7.34. The zero-order valence-electron chi connectivity index (χ0n) is 12.7. The molecular weight excluding hydrogens is 274 g/mol. The van der Waals surface area contributed by atoms with Gasteiger partial charge in [-0.05, 0) is 12.8 Å². The van der Waals surface area contributed by atoms with Gasteiger partial charge in [0.15, 0.2) is 0 Å². The van der Waals surface area contributed by atoms with Crippen LogP contribution in [0.1, 0.15) is 26.7 Å². The first-order valence-corrected chi connectivity index (χ1v) is 7.34. The maximum atomic E-state index is 9.10. The molecule has 0 bridgehead atoms. The molecule has 0 saturated carbocycles. The second-order valence-corrected chi connectivity index (χ2v) is 4.45. The summed E-state index contributed by atoms with van der Waals surface area (Å²) in [6.45, 7) is 5.90. The smallest absolute Gasteiger partial charge is 0.323 e. The number of hydrogen-bond acceptors (Lipinski definition) is 8. The third-order valence-corrected chi connectivity index (χ3v) is 2.59. The molecule has 0 aliphatic heterocycles. The van der Waals surface area contributed by atoms with Gasteiger partial charge in [-0.1, -0.05) is 13.8 Å². The summed E-state index contributed by atoms with van der Waals surface area (Å²) in [6.07, 6.45) is 1.80. The largest absolute Gasteiger partial charge is 0.463 e. The van der Waals surface area contributed by atoms with E-state index in [1.807, 2.05) is 13.8 Å². The van der Waals surface area contributed by atoms with Gasteiger partial charge in [0.2, 0.25) is 11.9 Å². The van der Waals surface area contributed by atoms with Crippen LogP contribution in [0.15, 0.2) is 0 Å². The van der Waals surface area contributed by atoms with Crippen LogP contribution in [0, 0.1) is 0 Å². The molecule has 1 heterocycles. The average Bonchev–Trinajstić information content (AvgIpc) is 2.50. The number of anilines is 2. The molecule has 0 aliphatic carbocycles. The Kier molecular flexibility index (Phi) is 8.37. The van der Waals surface area contributed by atoms with Gasteiger partial charge in [-0.25, -0.2) is 0 Å². The summed E-state index contributed by atoms with van der Waals surface area (Å²) in [6, 6.07) is 0.251. The number of aromatic nitrogens is 3. The number of nitrogens with one attached hydrogen (secondary N) is 1. The predicted octanol–water partition coefficient (Wildman–Crippen LogP) is 0.273. The highest BCUT2D eigenvalue weighted by Crippen LogP contribution is 2.15. The van der Waals surface area contributed by atoms with Crippen molar-refractivity contribution in [3.63, 3.8) is 0 Å². The van der Waals surface area contributed by atoms with E-state index in [-0.39, 0.29) is 19.2 Å². The quantitative estimate of drug-likeness (QED) is 0.535. The number of hydrogen-bond donors (Lipinski definition) is 3. The molecule has 0 fully saturated rings. The molecule has 0 radical (unpaired) electrons. The van der Waals surface area contributed by atoms with E-state index >= 15 is 0 Å². The van der Waals surface area contributed by atoms with Crippen LogP contribution in [0.3, 0.4) is 0 Å². The summed E-state index contributed by atoms with van der Waals surface area (Å²) < 4.78 is 5.47. The molecule has 8 nitrogen and oxygen atoms in total. The summed E-state index contributed by atoms with van der Waals surface area (Å²) >= 11 is 0. The number of rotatable bonds is 11. The Bertz CT molecular complexity index is 373. The van der Waals surface area contributed by atoms with E-state index in [1.165, 1.54) is 0 Å². The molecule has 0 amide bonds. The normalized spacial score (nSPS) is 10.5. The van der Waals surface area contributed by atoms with Crippen molar-refractivity contribution in [2.75, 3.05) is 49.7 Å². The van der Waals surface area contributed by atoms with Crippen LogP contribution in [0.2, 0.25) is 0 Å². The van der Waals surface area contributed by atoms with Gasteiger partial charge in [0, 0.05) is 19.6 Å². The number of ether oxygens (including phenoxy) is 1. The fourth-order valence-electron chi connectivity index (χ4n) is 1.61. The van der Waals surface area contributed by atoms with E-state index in [9.17, 15) is 0 Å². The SMILES string of the molecule is CCCNc1nc(OCCC)nc(N(CCO)CCO)n1. The van der Waals surface area contributed by atoms with Crippen LogP contribution in [0.25, 0.3) is 0 Å². The maximum absolute atomic E-state index is 9.10. The van der Waals surface area contributed by atoms with E-state index in [0.717, 1.165) is 19.4 Å². The van der Waals surface area contributed by atoms with Crippen molar-refractivity contribution < 1.29 is 14.9 Å². The van der Waals surface area contributed by atoms with Gasteiger partial charge in [0.1, 0.15) is 0 Å². The van der Waals surface area contributed by atoms with Crippen LogP contribution in [-0.4, -0.2) is 64.6 Å². The van der Waals surface area contributed by atoms with Gasteiger partial charge in [-0.15, -0.1) is 0 Å². The van der Waals surface area contributed by atoms with E-state index in [4.69, 9.17) is 14.9 Å². The fraction of sp³-hybridized carbons (Fsp3) is 0.769. The van der Waals surface area contributed by atoms with E-state index in [2.05, 4.69) is 20.3 Å². The van der Waals surface area contributed by atoms with Crippen LogP contribution >= 0.6 is 0 Å². The maximum Gasteiger partial charge on any atom is 0.323 e. The minimum atomic E-state index is -0.0471. The Hall–Kier alpha value is -1.67. The molecule has 1 aromatic rings. The minimum absolute atomic E-state index is 0.0471. The van der Waals surface area contributed by atoms with Crippen molar-refractivity contribution in [1.29, 1.82) is 0 Å². The topological polar surface area (TPSA) is 104 Å². The lowest BCUT2D eigenvalue weighted by Crippen LogP contribution is -2.31. The summed E-state index contributed by atoms with van der Waals surface area (Å²) in [5.41, 5.74) is 0. The lowest BCUT2D eigenvalue weighted by molar-refractivity contribution is 0.277. The fourth-order valence-corrected chi connectivity index (χ4v) is 1.61. The Labute approximate surface area is 125 Å². The highest BCUT2D eigenvalue weighted by Gasteiger charge is 2.13. The molecule has 0 saturated heterocycles. The molecule has 0 atom stereocenters. The average molecular weight is 299 g/mol. The number of nitrogens with zero attached hydrogens (tertiary/aromatic N) is 4. The van der Waals surface area contributed by atoms with E-state index in [0.29, 0.717) is 31.6 Å². The first kappa shape index (κ1) is 17.4. The second-order valence-electron chi connectivity index (χ2n) is 4.45. The summed E-state index contributed by atoms with van der Waals surface area (Å²) in [5.74, 6) is 0.826. The molecule has 1 aromatic heterocycles. The molecule has 0 unspecified atom stereocenters. The molecule has 21 heavy (non-hydrogen) atoms. The summed E-state index contributed by atoms with van der Waals surface area (Å²) in [4.78, 5) is 14.4. The van der Waals surface area contributed by atoms with Crippen molar-refractivity contribution in [2.45, 2.75) is 26.7 Å². The van der Waals surface area contributed by atoms with E-state index < -0.39 is 0 Å². The minimum Gasteiger partial charge on any atom is -0.463 e. The summed E-state index contributed by atoms with van der Waals surface area (Å²) in [7, 11) is 0. The Morgan fingerprint density at radius 3 is 2.33 bits per heavy atom. The summed E-state index contributed by atoms with van der Waals surface area (Å²) in [5, 5.41) is 21.3. The molecular formula is C13H25N5O3.